The van der Waals surface area contributed by atoms with E-state index in [9.17, 15) is 4.91 Å². The SMILES string of the molecule is NC(O)c1ccccc1N=O. The Balaban J connectivity index is 3.12. The van der Waals surface area contributed by atoms with Crippen molar-refractivity contribution in [1.29, 1.82) is 0 Å². The summed E-state index contributed by atoms with van der Waals surface area (Å²) >= 11 is 0. The Morgan fingerprint density at radius 2 is 2.09 bits per heavy atom. The second kappa shape index (κ2) is 3.23. The van der Waals surface area contributed by atoms with Gasteiger partial charge in [0.2, 0.25) is 0 Å². The van der Waals surface area contributed by atoms with Crippen LogP contribution in [0, 0.1) is 4.91 Å². The first-order chi connectivity index (χ1) is 5.25. The van der Waals surface area contributed by atoms with Crippen molar-refractivity contribution in [2.45, 2.75) is 6.23 Å². The summed E-state index contributed by atoms with van der Waals surface area (Å²) in [7, 11) is 0. The molecule has 1 unspecified atom stereocenters. The van der Waals surface area contributed by atoms with Crippen molar-refractivity contribution in [3.63, 3.8) is 0 Å². The number of nitrogens with two attached hydrogens (primary N) is 1. The fraction of sp³-hybridized carbons (Fsp3) is 0.143. The van der Waals surface area contributed by atoms with Gasteiger partial charge in [-0.2, -0.15) is 0 Å². The average Bonchev–Trinajstić information content (AvgIpc) is 2.04. The molecule has 4 nitrogen and oxygen atoms in total. The van der Waals surface area contributed by atoms with Crippen LogP contribution in [-0.4, -0.2) is 5.11 Å². The Morgan fingerprint density at radius 1 is 1.45 bits per heavy atom. The summed E-state index contributed by atoms with van der Waals surface area (Å²) in [6.45, 7) is 0. The van der Waals surface area contributed by atoms with Crippen LogP contribution in [0.5, 0.6) is 0 Å². The third kappa shape index (κ3) is 1.60. The molecule has 58 valence electrons. The van der Waals surface area contributed by atoms with Crippen molar-refractivity contribution >= 4 is 5.69 Å². The Hall–Kier alpha value is -1.26. The molecular formula is C7H8N2O2. The van der Waals surface area contributed by atoms with Crippen LogP contribution in [-0.2, 0) is 0 Å². The molecule has 4 heteroatoms. The summed E-state index contributed by atoms with van der Waals surface area (Å²) in [6.07, 6.45) is -1.14. The van der Waals surface area contributed by atoms with Crippen LogP contribution in [0.1, 0.15) is 11.8 Å². The number of nitroso groups, excluding NO2 is 1. The Kier molecular flexibility index (Phi) is 2.30. The van der Waals surface area contributed by atoms with Gasteiger partial charge in [-0.1, -0.05) is 18.2 Å². The lowest BCUT2D eigenvalue weighted by Crippen LogP contribution is -2.08. The van der Waals surface area contributed by atoms with Crippen LogP contribution in [0.15, 0.2) is 29.4 Å². The maximum absolute atomic E-state index is 10.1. The minimum atomic E-state index is -1.14. The smallest absolute Gasteiger partial charge is 0.130 e. The summed E-state index contributed by atoms with van der Waals surface area (Å²) in [5.41, 5.74) is 5.68. The molecule has 0 bridgehead atoms. The second-order valence-electron chi connectivity index (χ2n) is 2.09. The summed E-state index contributed by atoms with van der Waals surface area (Å²) in [6, 6.07) is 6.39. The summed E-state index contributed by atoms with van der Waals surface area (Å²) in [5, 5.41) is 11.6. The fourth-order valence-corrected chi connectivity index (χ4v) is 0.821. The molecule has 0 heterocycles. The molecule has 1 aromatic carbocycles. The van der Waals surface area contributed by atoms with Gasteiger partial charge in [0.1, 0.15) is 11.9 Å². The third-order valence-corrected chi connectivity index (χ3v) is 1.35. The van der Waals surface area contributed by atoms with E-state index in [4.69, 9.17) is 10.8 Å². The van der Waals surface area contributed by atoms with Crippen molar-refractivity contribution in [1.82, 2.24) is 0 Å². The van der Waals surface area contributed by atoms with Gasteiger partial charge >= 0.3 is 0 Å². The number of aliphatic hydroxyl groups is 1. The number of hydrogen-bond acceptors (Lipinski definition) is 4. The number of nitrogens with zero attached hydrogens (tertiary/aromatic N) is 1. The van der Waals surface area contributed by atoms with Gasteiger partial charge in [0.25, 0.3) is 0 Å². The van der Waals surface area contributed by atoms with E-state index in [-0.39, 0.29) is 5.69 Å². The zero-order valence-electron chi connectivity index (χ0n) is 5.77. The molecule has 0 saturated heterocycles. The molecule has 0 fully saturated rings. The number of hydrogen-bond donors (Lipinski definition) is 2. The lowest BCUT2D eigenvalue weighted by molar-refractivity contribution is 0.187. The highest BCUT2D eigenvalue weighted by molar-refractivity contribution is 5.46. The first kappa shape index (κ1) is 7.84. The third-order valence-electron chi connectivity index (χ3n) is 1.35. The Labute approximate surface area is 63.6 Å². The molecule has 0 saturated carbocycles. The minimum Gasteiger partial charge on any atom is -0.374 e. The largest absolute Gasteiger partial charge is 0.374 e. The van der Waals surface area contributed by atoms with Gasteiger partial charge in [0.05, 0.1) is 0 Å². The van der Waals surface area contributed by atoms with Crippen LogP contribution in [0.4, 0.5) is 5.69 Å². The molecule has 0 aliphatic heterocycles. The van der Waals surface area contributed by atoms with E-state index in [2.05, 4.69) is 5.18 Å². The lowest BCUT2D eigenvalue weighted by Gasteiger charge is -2.04. The molecule has 0 spiro atoms. The number of rotatable bonds is 2. The Bertz CT molecular complexity index is 260. The molecule has 0 amide bonds. The van der Waals surface area contributed by atoms with E-state index in [1.165, 1.54) is 6.07 Å². The number of benzene rings is 1. The first-order valence-corrected chi connectivity index (χ1v) is 3.11. The highest BCUT2D eigenvalue weighted by Crippen LogP contribution is 2.21. The predicted molar refractivity (Wildman–Crippen MR) is 41.0 cm³/mol. The maximum atomic E-state index is 10.1. The second-order valence-corrected chi connectivity index (χ2v) is 2.09. The van der Waals surface area contributed by atoms with Crippen LogP contribution in [0.2, 0.25) is 0 Å². The Morgan fingerprint density at radius 3 is 2.55 bits per heavy atom. The summed E-state index contributed by atoms with van der Waals surface area (Å²) in [4.78, 5) is 10.1. The highest BCUT2D eigenvalue weighted by Gasteiger charge is 2.06. The van der Waals surface area contributed by atoms with Gasteiger partial charge in [-0.05, 0) is 11.2 Å². The molecule has 0 aliphatic rings. The standard InChI is InChI=1S/C7H8N2O2/c8-7(10)5-3-1-2-4-6(5)9-11/h1-4,7,10H,8H2. The lowest BCUT2D eigenvalue weighted by atomic mass is 10.1. The van der Waals surface area contributed by atoms with Gasteiger partial charge in [0.15, 0.2) is 0 Å². The van der Waals surface area contributed by atoms with E-state index in [1.54, 1.807) is 18.2 Å². The number of aliphatic hydroxyl groups excluding tert-OH is 1. The predicted octanol–water partition coefficient (Wildman–Crippen LogP) is 1.03. The molecule has 0 radical (unpaired) electrons. The van der Waals surface area contributed by atoms with Gasteiger partial charge in [0, 0.05) is 5.56 Å². The van der Waals surface area contributed by atoms with Crippen LogP contribution in [0.25, 0.3) is 0 Å². The molecular weight excluding hydrogens is 144 g/mol. The summed E-state index contributed by atoms with van der Waals surface area (Å²) in [5.74, 6) is 0. The minimum absolute atomic E-state index is 0.183. The van der Waals surface area contributed by atoms with E-state index in [1.807, 2.05) is 0 Å². The van der Waals surface area contributed by atoms with Gasteiger partial charge < -0.3 is 10.8 Å². The van der Waals surface area contributed by atoms with Crippen molar-refractivity contribution in [2.24, 2.45) is 10.9 Å². The zero-order valence-corrected chi connectivity index (χ0v) is 5.77. The first-order valence-electron chi connectivity index (χ1n) is 3.11. The topological polar surface area (TPSA) is 75.7 Å². The maximum Gasteiger partial charge on any atom is 0.130 e. The molecule has 11 heavy (non-hydrogen) atoms. The van der Waals surface area contributed by atoms with Gasteiger partial charge in [-0.3, -0.25) is 0 Å². The van der Waals surface area contributed by atoms with Gasteiger partial charge in [-0.15, -0.1) is 4.91 Å². The van der Waals surface area contributed by atoms with Crippen molar-refractivity contribution < 1.29 is 5.11 Å². The van der Waals surface area contributed by atoms with Crippen LogP contribution in [0.3, 0.4) is 0 Å². The van der Waals surface area contributed by atoms with E-state index < -0.39 is 6.23 Å². The van der Waals surface area contributed by atoms with E-state index in [0.717, 1.165) is 0 Å². The molecule has 0 aromatic heterocycles. The summed E-state index contributed by atoms with van der Waals surface area (Å²) < 4.78 is 0. The monoisotopic (exact) mass is 152 g/mol. The van der Waals surface area contributed by atoms with Crippen molar-refractivity contribution in [3.05, 3.63) is 34.7 Å². The molecule has 0 aliphatic carbocycles. The van der Waals surface area contributed by atoms with Crippen molar-refractivity contribution in [2.75, 3.05) is 0 Å². The van der Waals surface area contributed by atoms with E-state index in [0.29, 0.717) is 5.56 Å². The highest BCUT2D eigenvalue weighted by atomic mass is 16.3. The van der Waals surface area contributed by atoms with E-state index >= 15 is 0 Å². The molecule has 3 N–H and O–H groups in total. The fourth-order valence-electron chi connectivity index (χ4n) is 0.821. The van der Waals surface area contributed by atoms with Crippen molar-refractivity contribution in [3.8, 4) is 0 Å². The zero-order chi connectivity index (χ0) is 8.27. The quantitative estimate of drug-likeness (QED) is 0.491. The molecule has 1 atom stereocenters. The normalized spacial score (nSPS) is 12.5. The molecule has 1 rings (SSSR count). The van der Waals surface area contributed by atoms with Gasteiger partial charge in [-0.25, -0.2) is 0 Å². The van der Waals surface area contributed by atoms with Crippen LogP contribution >= 0.6 is 0 Å². The van der Waals surface area contributed by atoms with Crippen LogP contribution < -0.4 is 5.73 Å². The molecule has 1 aromatic rings. The average molecular weight is 152 g/mol.